The number of carbonyl (C=O) groups is 1. The van der Waals surface area contributed by atoms with Crippen molar-refractivity contribution in [1.82, 2.24) is 20.5 Å². The minimum atomic E-state index is 0. The van der Waals surface area contributed by atoms with E-state index in [9.17, 15) is 4.79 Å². The van der Waals surface area contributed by atoms with Crippen molar-refractivity contribution in [2.45, 2.75) is 66.0 Å². The van der Waals surface area contributed by atoms with Crippen LogP contribution in [0.3, 0.4) is 0 Å². The molecule has 0 aliphatic carbocycles. The molecule has 2 rings (SSSR count). The van der Waals surface area contributed by atoms with E-state index < -0.39 is 0 Å². The van der Waals surface area contributed by atoms with E-state index in [4.69, 9.17) is 4.42 Å². The maximum atomic E-state index is 11.9. The number of hydrogen-bond donors (Lipinski definition) is 2. The molecule has 148 valence electrons. The van der Waals surface area contributed by atoms with Gasteiger partial charge in [0.05, 0.1) is 5.69 Å². The number of halogens is 1. The summed E-state index contributed by atoms with van der Waals surface area (Å²) in [5.74, 6) is 2.51. The van der Waals surface area contributed by atoms with Crippen molar-refractivity contribution >= 4 is 35.8 Å². The molecular weight excluding hydrogens is 445 g/mol. The Labute approximate surface area is 173 Å². The van der Waals surface area contributed by atoms with Gasteiger partial charge in [-0.1, -0.05) is 6.92 Å². The number of likely N-dealkylation sites (tertiary alicyclic amines) is 1. The lowest BCUT2D eigenvalue weighted by Gasteiger charge is -2.27. The third-order valence-electron chi connectivity index (χ3n) is 4.58. The molecule has 1 saturated heterocycles. The first kappa shape index (κ1) is 22.7. The van der Waals surface area contributed by atoms with E-state index in [0.717, 1.165) is 56.3 Å². The second-order valence-corrected chi connectivity index (χ2v) is 6.41. The summed E-state index contributed by atoms with van der Waals surface area (Å²) in [6.07, 6.45) is 3.59. The lowest BCUT2D eigenvalue weighted by atomic mass is 10.1. The maximum absolute atomic E-state index is 11.9. The number of nitrogens with one attached hydrogen (secondary N) is 2. The van der Waals surface area contributed by atoms with Gasteiger partial charge in [0, 0.05) is 32.1 Å². The molecule has 2 N–H and O–H groups in total. The SMILES string of the molecule is CCNC(=NCc1nc(C)c(C)o1)NCCC(CC)N1CCCC1=O.I. The third kappa shape index (κ3) is 6.44. The molecule has 0 spiro atoms. The van der Waals surface area contributed by atoms with Crippen LogP contribution in [0.4, 0.5) is 0 Å². The van der Waals surface area contributed by atoms with Crippen LogP contribution >= 0.6 is 24.0 Å². The predicted octanol–water partition coefficient (Wildman–Crippen LogP) is 2.76. The molecule has 0 aromatic carbocycles. The number of nitrogens with zero attached hydrogens (tertiary/aromatic N) is 3. The standard InChI is InChI=1S/C18H31N5O2.HI/c1-5-15(23-11-7-8-17(23)24)9-10-20-18(19-6-2)21-12-16-22-13(3)14(4)25-16;/h15H,5-12H2,1-4H3,(H2,19,20,21);1H. The van der Waals surface area contributed by atoms with Crippen molar-refractivity contribution in [2.75, 3.05) is 19.6 Å². The zero-order chi connectivity index (χ0) is 18.2. The molecule has 1 unspecified atom stereocenters. The van der Waals surface area contributed by atoms with Gasteiger partial charge in [0.25, 0.3) is 0 Å². The van der Waals surface area contributed by atoms with Gasteiger partial charge in [-0.3, -0.25) is 4.79 Å². The summed E-state index contributed by atoms with van der Waals surface area (Å²) in [7, 11) is 0. The van der Waals surface area contributed by atoms with Gasteiger partial charge < -0.3 is 20.0 Å². The van der Waals surface area contributed by atoms with Gasteiger partial charge in [-0.05, 0) is 40.0 Å². The lowest BCUT2D eigenvalue weighted by Crippen LogP contribution is -2.42. The van der Waals surface area contributed by atoms with Crippen molar-refractivity contribution in [1.29, 1.82) is 0 Å². The summed E-state index contributed by atoms with van der Waals surface area (Å²) in [5.41, 5.74) is 0.907. The molecule has 1 aliphatic heterocycles. The van der Waals surface area contributed by atoms with Gasteiger partial charge in [0.2, 0.25) is 11.8 Å². The van der Waals surface area contributed by atoms with Crippen LogP contribution in [0.5, 0.6) is 0 Å². The summed E-state index contributed by atoms with van der Waals surface area (Å²) in [4.78, 5) is 22.8. The molecule has 1 atom stereocenters. The van der Waals surface area contributed by atoms with Gasteiger partial charge in [-0.15, -0.1) is 24.0 Å². The second kappa shape index (κ2) is 11.4. The molecule has 0 saturated carbocycles. The third-order valence-corrected chi connectivity index (χ3v) is 4.58. The van der Waals surface area contributed by atoms with E-state index in [0.29, 0.717) is 30.8 Å². The van der Waals surface area contributed by atoms with Crippen LogP contribution in [0.1, 0.15) is 56.9 Å². The van der Waals surface area contributed by atoms with Crippen LogP contribution in [0.25, 0.3) is 0 Å². The van der Waals surface area contributed by atoms with Crippen LogP contribution in [-0.2, 0) is 11.3 Å². The fourth-order valence-electron chi connectivity index (χ4n) is 3.09. The van der Waals surface area contributed by atoms with Gasteiger partial charge in [0.1, 0.15) is 12.3 Å². The number of rotatable bonds is 8. The minimum Gasteiger partial charge on any atom is -0.444 e. The molecule has 26 heavy (non-hydrogen) atoms. The molecule has 0 radical (unpaired) electrons. The van der Waals surface area contributed by atoms with Crippen molar-refractivity contribution in [3.8, 4) is 0 Å². The minimum absolute atomic E-state index is 0. The van der Waals surface area contributed by atoms with E-state index in [2.05, 4.69) is 27.5 Å². The maximum Gasteiger partial charge on any atom is 0.222 e. The molecule has 7 nitrogen and oxygen atoms in total. The molecule has 1 aromatic rings. The fourth-order valence-corrected chi connectivity index (χ4v) is 3.09. The van der Waals surface area contributed by atoms with E-state index in [-0.39, 0.29) is 24.0 Å². The first-order valence-corrected chi connectivity index (χ1v) is 9.29. The predicted molar refractivity (Wildman–Crippen MR) is 114 cm³/mol. The first-order valence-electron chi connectivity index (χ1n) is 9.29. The molecule has 8 heteroatoms. The van der Waals surface area contributed by atoms with Crippen LogP contribution in [0.15, 0.2) is 9.41 Å². The Balaban J connectivity index is 0.00000338. The molecular formula is C18H32IN5O2. The van der Waals surface area contributed by atoms with E-state index in [1.54, 1.807) is 0 Å². The Morgan fingerprint density at radius 2 is 2.12 bits per heavy atom. The molecule has 2 heterocycles. The summed E-state index contributed by atoms with van der Waals surface area (Å²) >= 11 is 0. The Bertz CT molecular complexity index is 583. The van der Waals surface area contributed by atoms with Gasteiger partial charge in [-0.25, -0.2) is 9.98 Å². The van der Waals surface area contributed by atoms with Gasteiger partial charge >= 0.3 is 0 Å². The Hall–Kier alpha value is -1.32. The number of guanidine groups is 1. The number of hydrogen-bond acceptors (Lipinski definition) is 4. The van der Waals surface area contributed by atoms with E-state index in [1.165, 1.54) is 0 Å². The highest BCUT2D eigenvalue weighted by atomic mass is 127. The van der Waals surface area contributed by atoms with Crippen LogP contribution in [-0.4, -0.2) is 47.4 Å². The monoisotopic (exact) mass is 477 g/mol. The van der Waals surface area contributed by atoms with E-state index >= 15 is 0 Å². The molecule has 1 aromatic heterocycles. The number of amides is 1. The lowest BCUT2D eigenvalue weighted by molar-refractivity contribution is -0.129. The summed E-state index contributed by atoms with van der Waals surface area (Å²) in [6.45, 7) is 10.9. The van der Waals surface area contributed by atoms with E-state index in [1.807, 2.05) is 25.7 Å². The Kier molecular flexibility index (Phi) is 9.97. The average molecular weight is 477 g/mol. The average Bonchev–Trinajstić information content (AvgIpc) is 3.15. The van der Waals surface area contributed by atoms with Crippen molar-refractivity contribution in [3.05, 3.63) is 17.3 Å². The fraction of sp³-hybridized carbons (Fsp3) is 0.722. The van der Waals surface area contributed by atoms with Crippen molar-refractivity contribution in [2.24, 2.45) is 4.99 Å². The number of aromatic nitrogens is 1. The van der Waals surface area contributed by atoms with Crippen LogP contribution in [0, 0.1) is 13.8 Å². The van der Waals surface area contributed by atoms with Gasteiger partial charge in [-0.2, -0.15) is 0 Å². The number of oxazole rings is 1. The second-order valence-electron chi connectivity index (χ2n) is 6.41. The zero-order valence-electron chi connectivity index (χ0n) is 16.3. The highest BCUT2D eigenvalue weighted by Gasteiger charge is 2.26. The molecule has 1 amide bonds. The largest absolute Gasteiger partial charge is 0.444 e. The highest BCUT2D eigenvalue weighted by molar-refractivity contribution is 14.0. The molecule has 1 aliphatic rings. The normalized spacial score (nSPS) is 15.8. The summed E-state index contributed by atoms with van der Waals surface area (Å²) in [6, 6.07) is 0.308. The first-order chi connectivity index (χ1) is 12.0. The summed E-state index contributed by atoms with van der Waals surface area (Å²) < 4.78 is 5.56. The van der Waals surface area contributed by atoms with Crippen molar-refractivity contribution < 1.29 is 9.21 Å². The Morgan fingerprint density at radius 3 is 2.65 bits per heavy atom. The zero-order valence-corrected chi connectivity index (χ0v) is 18.6. The Morgan fingerprint density at radius 1 is 1.35 bits per heavy atom. The van der Waals surface area contributed by atoms with Crippen molar-refractivity contribution in [3.63, 3.8) is 0 Å². The number of aliphatic imine (C=N–C) groups is 1. The van der Waals surface area contributed by atoms with Gasteiger partial charge in [0.15, 0.2) is 5.96 Å². The highest BCUT2D eigenvalue weighted by Crippen LogP contribution is 2.17. The quantitative estimate of drug-likeness (QED) is 0.342. The van der Waals surface area contributed by atoms with Crippen LogP contribution < -0.4 is 10.6 Å². The molecule has 0 bridgehead atoms. The smallest absolute Gasteiger partial charge is 0.222 e. The topological polar surface area (TPSA) is 82.8 Å². The van der Waals surface area contributed by atoms with Crippen LogP contribution in [0.2, 0.25) is 0 Å². The number of carbonyl (C=O) groups excluding carboxylic acids is 1. The molecule has 1 fully saturated rings. The number of aryl methyl sites for hydroxylation is 2. The summed E-state index contributed by atoms with van der Waals surface area (Å²) in [5, 5.41) is 6.58.